The summed E-state index contributed by atoms with van der Waals surface area (Å²) in [5, 5.41) is 9.59. The molecule has 0 saturated heterocycles. The molecule has 3 nitrogen and oxygen atoms in total. The van der Waals surface area contributed by atoms with Crippen LogP contribution in [0.1, 0.15) is 48.5 Å². The van der Waals surface area contributed by atoms with E-state index in [-0.39, 0.29) is 23.0 Å². The predicted octanol–water partition coefficient (Wildman–Crippen LogP) is 3.77. The molecular weight excluding hydrogens is 262 g/mol. The van der Waals surface area contributed by atoms with Gasteiger partial charge in [0, 0.05) is 11.5 Å². The number of nitrogens with zero attached hydrogens (tertiary/aromatic N) is 1. The first-order valence-corrected chi connectivity index (χ1v) is 7.71. The molecule has 3 unspecified atom stereocenters. The molecule has 0 radical (unpaired) electrons. The van der Waals surface area contributed by atoms with Crippen molar-refractivity contribution in [2.45, 2.75) is 39.0 Å². The maximum atomic E-state index is 12.9. The third-order valence-electron chi connectivity index (χ3n) is 5.41. The lowest BCUT2D eigenvalue weighted by Gasteiger charge is -2.40. The smallest absolute Gasteiger partial charge is 0.166 e. The summed E-state index contributed by atoms with van der Waals surface area (Å²) in [5.41, 5.74) is 1.56. The molecule has 0 heterocycles. The lowest BCUT2D eigenvalue weighted by molar-refractivity contribution is 0.0644. The van der Waals surface area contributed by atoms with Crippen molar-refractivity contribution in [3.63, 3.8) is 0 Å². The van der Waals surface area contributed by atoms with Gasteiger partial charge in [0.25, 0.3) is 0 Å². The second-order valence-electron chi connectivity index (χ2n) is 6.56. The zero-order chi connectivity index (χ0) is 15.0. The van der Waals surface area contributed by atoms with Crippen LogP contribution < -0.4 is 4.74 Å². The third-order valence-corrected chi connectivity index (χ3v) is 5.41. The fraction of sp³-hybridized carbons (Fsp3) is 0.556. The monoisotopic (exact) mass is 283 g/mol. The Balaban J connectivity index is 2.02. The van der Waals surface area contributed by atoms with Gasteiger partial charge in [0.1, 0.15) is 5.75 Å². The highest BCUT2D eigenvalue weighted by molar-refractivity contribution is 6.00. The number of fused-ring (bicyclic) bond motifs is 2. The summed E-state index contributed by atoms with van der Waals surface area (Å²) in [7, 11) is 1.65. The first-order valence-electron chi connectivity index (χ1n) is 7.71. The number of ether oxygens (including phenoxy) is 1. The lowest BCUT2D eigenvalue weighted by atomic mass is 9.61. The molecule has 1 aromatic rings. The Bertz CT molecular complexity index is 616. The van der Waals surface area contributed by atoms with E-state index >= 15 is 0 Å². The standard InChI is InChI=1S/C18H21NO2/c1-18(11-19)9-3-4-15-16(18)8-5-12-10-13(21-2)6-7-14(12)17(15)20/h6-7,10,15-16H,3-5,8-9H2,1-2H3. The van der Waals surface area contributed by atoms with Gasteiger partial charge >= 0.3 is 0 Å². The molecule has 3 atom stereocenters. The highest BCUT2D eigenvalue weighted by Crippen LogP contribution is 2.49. The molecule has 21 heavy (non-hydrogen) atoms. The van der Waals surface area contributed by atoms with Crippen LogP contribution in [0.2, 0.25) is 0 Å². The minimum atomic E-state index is -0.356. The molecule has 1 saturated carbocycles. The van der Waals surface area contributed by atoms with Crippen LogP contribution in [0.15, 0.2) is 18.2 Å². The number of nitriles is 1. The van der Waals surface area contributed by atoms with Gasteiger partial charge in [-0.3, -0.25) is 4.79 Å². The van der Waals surface area contributed by atoms with E-state index in [1.54, 1.807) is 7.11 Å². The first-order chi connectivity index (χ1) is 10.1. The fourth-order valence-electron chi connectivity index (χ4n) is 4.15. The number of ketones is 1. The summed E-state index contributed by atoms with van der Waals surface area (Å²) in [6, 6.07) is 8.25. The molecule has 3 heteroatoms. The van der Waals surface area contributed by atoms with Gasteiger partial charge in [-0.15, -0.1) is 0 Å². The van der Waals surface area contributed by atoms with Crippen molar-refractivity contribution in [3.05, 3.63) is 29.3 Å². The molecule has 3 rings (SSSR count). The quantitative estimate of drug-likeness (QED) is 0.788. The number of aryl methyl sites for hydroxylation is 1. The largest absolute Gasteiger partial charge is 0.497 e. The summed E-state index contributed by atoms with van der Waals surface area (Å²) >= 11 is 0. The van der Waals surface area contributed by atoms with Crippen LogP contribution in [0.25, 0.3) is 0 Å². The van der Waals surface area contributed by atoms with E-state index in [1.165, 1.54) is 0 Å². The number of benzene rings is 1. The summed E-state index contributed by atoms with van der Waals surface area (Å²) in [6.45, 7) is 2.04. The van der Waals surface area contributed by atoms with Gasteiger partial charge in [0.05, 0.1) is 18.6 Å². The molecule has 2 aliphatic carbocycles. The van der Waals surface area contributed by atoms with Crippen molar-refractivity contribution in [1.82, 2.24) is 0 Å². The molecule has 110 valence electrons. The van der Waals surface area contributed by atoms with Crippen LogP contribution in [0, 0.1) is 28.6 Å². The van der Waals surface area contributed by atoms with Gasteiger partial charge in [-0.25, -0.2) is 0 Å². The van der Waals surface area contributed by atoms with E-state index < -0.39 is 0 Å². The molecule has 0 bridgehead atoms. The van der Waals surface area contributed by atoms with E-state index in [2.05, 4.69) is 6.07 Å². The predicted molar refractivity (Wildman–Crippen MR) is 80.2 cm³/mol. The molecular formula is C18H21NO2. The molecule has 1 fully saturated rings. The Labute approximate surface area is 125 Å². The maximum Gasteiger partial charge on any atom is 0.166 e. The Kier molecular flexibility index (Phi) is 3.49. The first kappa shape index (κ1) is 14.1. The Morgan fingerprint density at radius 3 is 2.90 bits per heavy atom. The molecule has 2 aliphatic rings. The number of Topliss-reactive ketones (excluding diaryl/α,β-unsaturated/α-hetero) is 1. The molecule has 0 spiro atoms. The zero-order valence-electron chi connectivity index (χ0n) is 12.7. The number of carbonyl (C=O) groups excluding carboxylic acids is 1. The van der Waals surface area contributed by atoms with Crippen molar-refractivity contribution < 1.29 is 9.53 Å². The molecule has 0 N–H and O–H groups in total. The second-order valence-corrected chi connectivity index (χ2v) is 6.56. The Morgan fingerprint density at radius 1 is 1.38 bits per heavy atom. The van der Waals surface area contributed by atoms with Crippen molar-refractivity contribution in [2.75, 3.05) is 7.11 Å². The number of methoxy groups -OCH3 is 1. The molecule has 0 amide bonds. The SMILES string of the molecule is COc1ccc2c(c1)CCC1C(CCCC1(C)C#N)C2=O. The average Bonchev–Trinajstić information content (AvgIpc) is 2.66. The second kappa shape index (κ2) is 5.18. The molecule has 0 aromatic heterocycles. The van der Waals surface area contributed by atoms with Gasteiger partial charge in [-0.1, -0.05) is 6.42 Å². The van der Waals surface area contributed by atoms with Crippen molar-refractivity contribution in [2.24, 2.45) is 17.3 Å². The minimum absolute atomic E-state index is 0.0121. The summed E-state index contributed by atoms with van der Waals surface area (Å²) < 4.78 is 5.27. The van der Waals surface area contributed by atoms with Crippen molar-refractivity contribution >= 4 is 5.78 Å². The van der Waals surface area contributed by atoms with E-state index in [4.69, 9.17) is 4.74 Å². The number of hydrogen-bond acceptors (Lipinski definition) is 3. The topological polar surface area (TPSA) is 50.1 Å². The van der Waals surface area contributed by atoms with Crippen LogP contribution in [0.3, 0.4) is 0 Å². The van der Waals surface area contributed by atoms with Crippen LogP contribution in [0.4, 0.5) is 0 Å². The zero-order valence-corrected chi connectivity index (χ0v) is 12.7. The summed E-state index contributed by atoms with van der Waals surface area (Å²) in [4.78, 5) is 12.9. The number of carbonyl (C=O) groups is 1. The van der Waals surface area contributed by atoms with Crippen LogP contribution in [-0.4, -0.2) is 12.9 Å². The van der Waals surface area contributed by atoms with Crippen molar-refractivity contribution in [3.8, 4) is 11.8 Å². The Hall–Kier alpha value is -1.82. The van der Waals surface area contributed by atoms with E-state index in [1.807, 2.05) is 25.1 Å². The normalized spacial score (nSPS) is 31.6. The maximum absolute atomic E-state index is 12.9. The number of hydrogen-bond donors (Lipinski definition) is 0. The summed E-state index contributed by atoms with van der Waals surface area (Å²) in [6.07, 6.45) is 4.59. The lowest BCUT2D eigenvalue weighted by Crippen LogP contribution is -2.39. The minimum Gasteiger partial charge on any atom is -0.497 e. The van der Waals surface area contributed by atoms with Gasteiger partial charge < -0.3 is 4.74 Å². The third kappa shape index (κ3) is 2.23. The summed E-state index contributed by atoms with van der Waals surface area (Å²) in [5.74, 6) is 1.23. The fourth-order valence-corrected chi connectivity index (χ4v) is 4.15. The Morgan fingerprint density at radius 2 is 2.19 bits per heavy atom. The van der Waals surface area contributed by atoms with Crippen LogP contribution >= 0.6 is 0 Å². The van der Waals surface area contributed by atoms with E-state index in [0.29, 0.717) is 0 Å². The van der Waals surface area contributed by atoms with Crippen LogP contribution in [-0.2, 0) is 6.42 Å². The van der Waals surface area contributed by atoms with Gasteiger partial charge in [0.2, 0.25) is 0 Å². The van der Waals surface area contributed by atoms with E-state index in [9.17, 15) is 10.1 Å². The average molecular weight is 283 g/mol. The van der Waals surface area contributed by atoms with Crippen molar-refractivity contribution in [1.29, 1.82) is 5.26 Å². The number of rotatable bonds is 1. The molecule has 1 aromatic carbocycles. The highest BCUT2D eigenvalue weighted by Gasteiger charge is 2.46. The van der Waals surface area contributed by atoms with Gasteiger partial charge in [-0.05, 0) is 62.3 Å². The van der Waals surface area contributed by atoms with Gasteiger partial charge in [-0.2, -0.15) is 5.26 Å². The van der Waals surface area contributed by atoms with Crippen LogP contribution in [0.5, 0.6) is 5.75 Å². The molecule has 0 aliphatic heterocycles. The van der Waals surface area contributed by atoms with Gasteiger partial charge in [0.15, 0.2) is 5.78 Å². The highest BCUT2D eigenvalue weighted by atomic mass is 16.5. The van der Waals surface area contributed by atoms with E-state index in [0.717, 1.165) is 49.0 Å².